The molecule has 1 amide bonds. The fraction of sp³-hybridized carbons (Fsp3) is 0.611. The Hall–Kier alpha value is -1.39. The molecule has 1 aliphatic rings. The molecule has 0 saturated carbocycles. The van der Waals surface area contributed by atoms with Gasteiger partial charge in [-0.1, -0.05) is 30.3 Å². The lowest BCUT2D eigenvalue weighted by Crippen LogP contribution is -2.38. The average molecular weight is 304 g/mol. The van der Waals surface area contributed by atoms with Gasteiger partial charge in [0.2, 0.25) is 5.91 Å². The van der Waals surface area contributed by atoms with Crippen LogP contribution in [0.1, 0.15) is 25.3 Å². The minimum absolute atomic E-state index is 0.259. The van der Waals surface area contributed by atoms with Crippen LogP contribution in [0.2, 0.25) is 0 Å². The third kappa shape index (κ3) is 5.11. The van der Waals surface area contributed by atoms with E-state index in [-0.39, 0.29) is 5.91 Å². The van der Waals surface area contributed by atoms with Gasteiger partial charge in [-0.25, -0.2) is 0 Å². The Labute approximate surface area is 134 Å². The summed E-state index contributed by atoms with van der Waals surface area (Å²) in [7, 11) is 1.68. The van der Waals surface area contributed by atoms with E-state index in [0.717, 1.165) is 32.5 Å². The van der Waals surface area contributed by atoms with Crippen LogP contribution in [0, 0.1) is 0 Å². The summed E-state index contributed by atoms with van der Waals surface area (Å²) in [6.07, 6.45) is 2.86. The Kier molecular flexibility index (Phi) is 6.87. The number of aryl methyl sites for hydroxylation is 1. The maximum Gasteiger partial charge on any atom is 0.223 e. The first-order valence-electron chi connectivity index (χ1n) is 8.25. The van der Waals surface area contributed by atoms with Crippen LogP contribution >= 0.6 is 0 Å². The van der Waals surface area contributed by atoms with E-state index in [1.165, 1.54) is 5.56 Å². The first kappa shape index (κ1) is 17.0. The monoisotopic (exact) mass is 304 g/mol. The molecule has 4 heteroatoms. The first-order chi connectivity index (χ1) is 10.7. The fourth-order valence-electron chi connectivity index (χ4n) is 2.96. The molecule has 1 atom stereocenters. The molecule has 1 fully saturated rings. The number of ether oxygens (including phenoxy) is 1. The third-order valence-corrected chi connectivity index (χ3v) is 4.51. The van der Waals surface area contributed by atoms with E-state index < -0.39 is 0 Å². The quantitative estimate of drug-likeness (QED) is 0.774. The van der Waals surface area contributed by atoms with Gasteiger partial charge >= 0.3 is 0 Å². The van der Waals surface area contributed by atoms with Crippen LogP contribution in [-0.4, -0.2) is 61.6 Å². The molecule has 0 aromatic heterocycles. The molecule has 1 aromatic rings. The Morgan fingerprint density at radius 3 is 2.68 bits per heavy atom. The number of rotatable bonds is 7. The van der Waals surface area contributed by atoms with Gasteiger partial charge in [0.05, 0.1) is 6.61 Å². The van der Waals surface area contributed by atoms with E-state index >= 15 is 0 Å². The molecule has 1 heterocycles. The lowest BCUT2D eigenvalue weighted by atomic mass is 10.1. The Balaban J connectivity index is 1.80. The van der Waals surface area contributed by atoms with Crippen LogP contribution in [-0.2, 0) is 16.0 Å². The van der Waals surface area contributed by atoms with Crippen molar-refractivity contribution in [2.45, 2.75) is 32.2 Å². The van der Waals surface area contributed by atoms with E-state index in [4.69, 9.17) is 4.74 Å². The zero-order valence-electron chi connectivity index (χ0n) is 13.8. The van der Waals surface area contributed by atoms with Crippen molar-refractivity contribution in [3.63, 3.8) is 0 Å². The van der Waals surface area contributed by atoms with Gasteiger partial charge < -0.3 is 9.64 Å². The maximum atomic E-state index is 12.1. The molecule has 0 aliphatic carbocycles. The van der Waals surface area contributed by atoms with Crippen molar-refractivity contribution in [2.24, 2.45) is 0 Å². The Morgan fingerprint density at radius 2 is 1.95 bits per heavy atom. The molecule has 0 bridgehead atoms. The van der Waals surface area contributed by atoms with Crippen LogP contribution in [0.4, 0.5) is 0 Å². The number of amides is 1. The molecule has 4 nitrogen and oxygen atoms in total. The Bertz CT molecular complexity index is 450. The van der Waals surface area contributed by atoms with E-state index in [2.05, 4.69) is 42.2 Å². The first-order valence-corrected chi connectivity index (χ1v) is 8.25. The van der Waals surface area contributed by atoms with Crippen molar-refractivity contribution in [3.8, 4) is 0 Å². The summed E-state index contributed by atoms with van der Waals surface area (Å²) >= 11 is 0. The van der Waals surface area contributed by atoms with E-state index in [9.17, 15) is 4.79 Å². The highest BCUT2D eigenvalue weighted by molar-refractivity contribution is 5.76. The lowest BCUT2D eigenvalue weighted by Gasteiger charge is -2.27. The largest absolute Gasteiger partial charge is 0.383 e. The minimum Gasteiger partial charge on any atom is -0.383 e. The number of carbonyl (C=O) groups is 1. The number of methoxy groups -OCH3 is 1. The van der Waals surface area contributed by atoms with Gasteiger partial charge in [-0.3, -0.25) is 9.69 Å². The smallest absolute Gasteiger partial charge is 0.223 e. The molecular formula is C18H28N2O2. The van der Waals surface area contributed by atoms with Gasteiger partial charge in [-0.15, -0.1) is 0 Å². The summed E-state index contributed by atoms with van der Waals surface area (Å²) in [4.78, 5) is 16.5. The summed E-state index contributed by atoms with van der Waals surface area (Å²) in [6, 6.07) is 11.1. The topological polar surface area (TPSA) is 32.8 Å². The van der Waals surface area contributed by atoms with Crippen molar-refractivity contribution in [2.75, 3.05) is 39.9 Å². The zero-order valence-corrected chi connectivity index (χ0v) is 13.8. The molecule has 2 rings (SSSR count). The fourth-order valence-corrected chi connectivity index (χ4v) is 2.96. The predicted octanol–water partition coefficient (Wildman–Crippen LogP) is 2.19. The van der Waals surface area contributed by atoms with Gasteiger partial charge in [0, 0.05) is 45.8 Å². The second-order valence-corrected chi connectivity index (χ2v) is 6.03. The second kappa shape index (κ2) is 8.91. The minimum atomic E-state index is 0.259. The van der Waals surface area contributed by atoms with Crippen LogP contribution in [0.25, 0.3) is 0 Å². The molecule has 0 spiro atoms. The highest BCUT2D eigenvalue weighted by atomic mass is 16.5. The Morgan fingerprint density at radius 1 is 1.18 bits per heavy atom. The highest BCUT2D eigenvalue weighted by Crippen LogP contribution is 2.13. The zero-order chi connectivity index (χ0) is 15.8. The highest BCUT2D eigenvalue weighted by Gasteiger charge is 2.23. The lowest BCUT2D eigenvalue weighted by molar-refractivity contribution is -0.130. The summed E-state index contributed by atoms with van der Waals surface area (Å²) in [5, 5.41) is 0. The standard InChI is InChI=1S/C18H28N2O2/c1-16(8-9-17-6-4-3-5-7-17)19-11-10-18(21)20(13-12-19)14-15-22-2/h3-7,16H,8-15H2,1-2H3. The van der Waals surface area contributed by atoms with E-state index in [1.54, 1.807) is 7.11 Å². The molecule has 1 aliphatic heterocycles. The van der Waals surface area contributed by atoms with E-state index in [0.29, 0.717) is 25.6 Å². The van der Waals surface area contributed by atoms with Crippen molar-refractivity contribution >= 4 is 5.91 Å². The van der Waals surface area contributed by atoms with Crippen LogP contribution in [0.3, 0.4) is 0 Å². The molecular weight excluding hydrogens is 276 g/mol. The second-order valence-electron chi connectivity index (χ2n) is 6.03. The van der Waals surface area contributed by atoms with Crippen molar-refractivity contribution in [3.05, 3.63) is 35.9 Å². The van der Waals surface area contributed by atoms with Crippen LogP contribution in [0.15, 0.2) is 30.3 Å². The summed E-state index contributed by atoms with van der Waals surface area (Å²) in [5.74, 6) is 0.259. The molecule has 1 unspecified atom stereocenters. The molecule has 1 aromatic carbocycles. The van der Waals surface area contributed by atoms with Gasteiger partial charge in [-0.05, 0) is 25.3 Å². The molecule has 1 saturated heterocycles. The molecule has 22 heavy (non-hydrogen) atoms. The number of hydrogen-bond donors (Lipinski definition) is 0. The number of nitrogens with zero attached hydrogens (tertiary/aromatic N) is 2. The summed E-state index contributed by atoms with van der Waals surface area (Å²) in [6.45, 7) is 6.26. The van der Waals surface area contributed by atoms with Gasteiger partial charge in [-0.2, -0.15) is 0 Å². The SMILES string of the molecule is COCCN1CCN(C(C)CCc2ccccc2)CCC1=O. The summed E-state index contributed by atoms with van der Waals surface area (Å²) < 4.78 is 5.09. The molecule has 122 valence electrons. The van der Waals surface area contributed by atoms with Crippen molar-refractivity contribution < 1.29 is 9.53 Å². The number of benzene rings is 1. The van der Waals surface area contributed by atoms with E-state index in [1.807, 2.05) is 4.90 Å². The van der Waals surface area contributed by atoms with Gasteiger partial charge in [0.25, 0.3) is 0 Å². The third-order valence-electron chi connectivity index (χ3n) is 4.51. The van der Waals surface area contributed by atoms with Gasteiger partial charge in [0.15, 0.2) is 0 Å². The average Bonchev–Trinajstić information content (AvgIpc) is 2.73. The number of carbonyl (C=O) groups excluding carboxylic acids is 1. The predicted molar refractivity (Wildman–Crippen MR) is 88.9 cm³/mol. The normalized spacial score (nSPS) is 18.3. The molecule has 0 radical (unpaired) electrons. The molecule has 0 N–H and O–H groups in total. The van der Waals surface area contributed by atoms with Crippen molar-refractivity contribution in [1.82, 2.24) is 9.80 Å². The summed E-state index contributed by atoms with van der Waals surface area (Å²) in [5.41, 5.74) is 1.39. The van der Waals surface area contributed by atoms with Gasteiger partial charge in [0.1, 0.15) is 0 Å². The maximum absolute atomic E-state index is 12.1. The van der Waals surface area contributed by atoms with Crippen LogP contribution < -0.4 is 0 Å². The van der Waals surface area contributed by atoms with Crippen molar-refractivity contribution in [1.29, 1.82) is 0 Å². The number of hydrogen-bond acceptors (Lipinski definition) is 3. The van der Waals surface area contributed by atoms with Crippen LogP contribution in [0.5, 0.6) is 0 Å².